The Morgan fingerprint density at radius 1 is 1.89 bits per heavy atom. The van der Waals surface area contributed by atoms with E-state index in [0.717, 1.165) is 0 Å². The highest BCUT2D eigenvalue weighted by atomic mass is 127. The van der Waals surface area contributed by atoms with Crippen molar-refractivity contribution in [2.24, 2.45) is 0 Å². The van der Waals surface area contributed by atoms with Crippen molar-refractivity contribution in [3.05, 3.63) is 10.1 Å². The molecule has 0 rings (SSSR count). The number of nitro groups is 1. The van der Waals surface area contributed by atoms with Crippen LogP contribution in [0.1, 0.15) is 13.3 Å². The van der Waals surface area contributed by atoms with Crippen molar-refractivity contribution in [1.29, 1.82) is 0 Å². The van der Waals surface area contributed by atoms with Crippen LogP contribution in [0.25, 0.3) is 0 Å². The predicted molar refractivity (Wildman–Crippen MR) is 41.1 cm³/mol. The van der Waals surface area contributed by atoms with Gasteiger partial charge in [0.15, 0.2) is 0 Å². The van der Waals surface area contributed by atoms with Crippen molar-refractivity contribution in [2.75, 3.05) is 6.61 Å². The van der Waals surface area contributed by atoms with Crippen LogP contribution in [0.4, 0.5) is 0 Å². The maximum absolute atomic E-state index is 10.1. The third-order valence-electron chi connectivity index (χ3n) is 1.11. The number of aliphatic hydroxyl groups excluding tert-OH is 1. The summed E-state index contributed by atoms with van der Waals surface area (Å²) in [7, 11) is 0. The van der Waals surface area contributed by atoms with E-state index in [1.165, 1.54) is 0 Å². The monoisotopic (exact) mass is 245 g/mol. The van der Waals surface area contributed by atoms with Crippen LogP contribution >= 0.6 is 22.6 Å². The topological polar surface area (TPSA) is 63.4 Å². The number of nitrogens with zero attached hydrogens (tertiary/aromatic N) is 1. The first-order chi connectivity index (χ1) is 4.06. The number of aliphatic hydroxyl groups is 1. The van der Waals surface area contributed by atoms with Gasteiger partial charge in [-0.1, -0.05) is 6.92 Å². The lowest BCUT2D eigenvalue weighted by Crippen LogP contribution is -2.34. The van der Waals surface area contributed by atoms with Crippen LogP contribution in [0.5, 0.6) is 0 Å². The number of hydrogen-bond acceptors (Lipinski definition) is 3. The summed E-state index contributed by atoms with van der Waals surface area (Å²) in [4.78, 5) is 9.66. The van der Waals surface area contributed by atoms with Gasteiger partial charge < -0.3 is 5.11 Å². The van der Waals surface area contributed by atoms with E-state index in [1.54, 1.807) is 29.5 Å². The summed E-state index contributed by atoms with van der Waals surface area (Å²) in [5, 5.41) is 18.6. The van der Waals surface area contributed by atoms with Gasteiger partial charge in [0.2, 0.25) is 0 Å². The molecule has 54 valence electrons. The predicted octanol–water partition coefficient (Wildman–Crippen LogP) is 0.797. The first-order valence-electron chi connectivity index (χ1n) is 2.51. The smallest absolute Gasteiger partial charge is 0.291 e. The third-order valence-corrected chi connectivity index (χ3v) is 2.61. The largest absolute Gasteiger partial charge is 0.388 e. The Kier molecular flexibility index (Phi) is 3.34. The van der Waals surface area contributed by atoms with Crippen molar-refractivity contribution in [1.82, 2.24) is 0 Å². The Morgan fingerprint density at radius 3 is 2.33 bits per heavy atom. The molecule has 0 aromatic heterocycles. The molecule has 0 aliphatic rings. The summed E-state index contributed by atoms with van der Waals surface area (Å²) in [5.74, 6) is 0. The van der Waals surface area contributed by atoms with Gasteiger partial charge in [-0.3, -0.25) is 10.1 Å². The molecule has 0 saturated heterocycles. The van der Waals surface area contributed by atoms with Crippen molar-refractivity contribution >= 4 is 22.6 Å². The van der Waals surface area contributed by atoms with E-state index in [9.17, 15) is 10.1 Å². The van der Waals surface area contributed by atoms with E-state index >= 15 is 0 Å². The minimum atomic E-state index is -1.17. The molecule has 0 fully saturated rings. The lowest BCUT2D eigenvalue weighted by molar-refractivity contribution is -0.534. The normalized spacial score (nSPS) is 16.8. The van der Waals surface area contributed by atoms with Gasteiger partial charge >= 0.3 is 0 Å². The van der Waals surface area contributed by atoms with E-state index in [4.69, 9.17) is 5.11 Å². The molecule has 5 heteroatoms. The fourth-order valence-electron chi connectivity index (χ4n) is 0.299. The molecule has 1 unspecified atom stereocenters. The zero-order valence-electron chi connectivity index (χ0n) is 5.00. The van der Waals surface area contributed by atoms with Gasteiger partial charge in [0, 0.05) is 33.9 Å². The molecule has 0 amide bonds. The summed E-state index contributed by atoms with van der Waals surface area (Å²) in [5.41, 5.74) is 0. The molecule has 9 heavy (non-hydrogen) atoms. The summed E-state index contributed by atoms with van der Waals surface area (Å²) < 4.78 is -1.17. The van der Waals surface area contributed by atoms with Crippen molar-refractivity contribution in [3.8, 4) is 0 Å². The molecule has 0 aliphatic heterocycles. The molecule has 0 heterocycles. The van der Waals surface area contributed by atoms with E-state index in [1.807, 2.05) is 0 Å². The number of hydrogen-bond donors (Lipinski definition) is 1. The second-order valence-electron chi connectivity index (χ2n) is 1.69. The van der Waals surface area contributed by atoms with Crippen LogP contribution in [0, 0.1) is 10.1 Å². The van der Waals surface area contributed by atoms with E-state index in [0.29, 0.717) is 6.42 Å². The van der Waals surface area contributed by atoms with Crippen molar-refractivity contribution in [3.63, 3.8) is 0 Å². The molecule has 0 aromatic rings. The molecule has 0 aromatic carbocycles. The van der Waals surface area contributed by atoms with Crippen LogP contribution < -0.4 is 0 Å². The van der Waals surface area contributed by atoms with Crippen LogP contribution in [0.3, 0.4) is 0 Å². The van der Waals surface area contributed by atoms with E-state index in [-0.39, 0.29) is 0 Å². The quantitative estimate of drug-likeness (QED) is 0.263. The van der Waals surface area contributed by atoms with Crippen LogP contribution in [0.15, 0.2) is 0 Å². The molecule has 0 radical (unpaired) electrons. The highest BCUT2D eigenvalue weighted by Crippen LogP contribution is 2.22. The number of alkyl halides is 1. The standard InChI is InChI=1S/C4H8INO3/c1-2-4(5,3-7)6(8)9/h7H,2-3H2,1H3. The molecule has 1 atom stereocenters. The Balaban J connectivity index is 4.09. The Bertz CT molecular complexity index is 112. The second-order valence-corrected chi connectivity index (χ2v) is 3.69. The van der Waals surface area contributed by atoms with Gasteiger partial charge in [0.25, 0.3) is 3.55 Å². The summed E-state index contributed by atoms with van der Waals surface area (Å²) in [6.45, 7) is 1.27. The van der Waals surface area contributed by atoms with Gasteiger partial charge in [-0.15, -0.1) is 0 Å². The van der Waals surface area contributed by atoms with Gasteiger partial charge in [-0.2, -0.15) is 0 Å². The van der Waals surface area contributed by atoms with Crippen molar-refractivity contribution < 1.29 is 10.0 Å². The Morgan fingerprint density at radius 2 is 2.33 bits per heavy atom. The number of halogens is 1. The first-order valence-corrected chi connectivity index (χ1v) is 3.59. The fraction of sp³-hybridized carbons (Fsp3) is 1.00. The second kappa shape index (κ2) is 3.31. The lowest BCUT2D eigenvalue weighted by Gasteiger charge is -2.12. The van der Waals surface area contributed by atoms with E-state index in [2.05, 4.69) is 0 Å². The fourth-order valence-corrected chi connectivity index (χ4v) is 0.299. The molecule has 0 spiro atoms. The van der Waals surface area contributed by atoms with Gasteiger partial charge in [0.05, 0.1) is 0 Å². The van der Waals surface area contributed by atoms with Crippen LogP contribution in [-0.2, 0) is 0 Å². The number of rotatable bonds is 3. The minimum Gasteiger partial charge on any atom is -0.388 e. The highest BCUT2D eigenvalue weighted by Gasteiger charge is 2.36. The summed E-state index contributed by atoms with van der Waals surface area (Å²) in [6, 6.07) is 0. The van der Waals surface area contributed by atoms with Crippen LogP contribution in [0.2, 0.25) is 0 Å². The molecule has 0 aliphatic carbocycles. The third kappa shape index (κ3) is 2.05. The SMILES string of the molecule is CCC(I)(CO)[N+](=O)[O-]. The molecule has 4 nitrogen and oxygen atoms in total. The molecular weight excluding hydrogens is 237 g/mol. The minimum absolute atomic E-state index is 0.344. The molecule has 0 bridgehead atoms. The zero-order chi connectivity index (χ0) is 7.49. The van der Waals surface area contributed by atoms with E-state index < -0.39 is 15.1 Å². The Labute approximate surface area is 66.5 Å². The molecule has 1 N–H and O–H groups in total. The summed E-state index contributed by atoms with van der Waals surface area (Å²) in [6.07, 6.45) is 0.344. The van der Waals surface area contributed by atoms with Crippen molar-refractivity contribution in [2.45, 2.75) is 16.9 Å². The lowest BCUT2D eigenvalue weighted by atomic mass is 10.3. The zero-order valence-corrected chi connectivity index (χ0v) is 7.16. The summed E-state index contributed by atoms with van der Waals surface area (Å²) >= 11 is 1.64. The molecule has 0 saturated carbocycles. The van der Waals surface area contributed by atoms with Gasteiger partial charge in [-0.25, -0.2) is 0 Å². The average molecular weight is 245 g/mol. The maximum Gasteiger partial charge on any atom is 0.291 e. The Hall–Kier alpha value is 0.0900. The van der Waals surface area contributed by atoms with Gasteiger partial charge in [0.1, 0.15) is 6.61 Å². The average Bonchev–Trinajstić information content (AvgIpc) is 1.86. The first kappa shape index (κ1) is 9.09. The molecular formula is C4H8INO3. The van der Waals surface area contributed by atoms with Gasteiger partial charge in [-0.05, 0) is 0 Å². The maximum atomic E-state index is 10.1. The van der Waals surface area contributed by atoms with Crippen LogP contribution in [-0.4, -0.2) is 20.2 Å². The highest BCUT2D eigenvalue weighted by molar-refractivity contribution is 14.1.